The van der Waals surface area contributed by atoms with Crippen LogP contribution >= 0.6 is 8.15 Å². The molecular formula is C19H21OP. The Morgan fingerprint density at radius 2 is 1.52 bits per heavy atom. The van der Waals surface area contributed by atoms with Crippen molar-refractivity contribution in [3.05, 3.63) is 72.3 Å². The molecule has 2 aromatic rings. The van der Waals surface area contributed by atoms with E-state index in [1.54, 1.807) is 0 Å². The van der Waals surface area contributed by atoms with Gasteiger partial charge in [0, 0.05) is 10.6 Å². The summed E-state index contributed by atoms with van der Waals surface area (Å²) in [4.78, 5) is 0. The highest BCUT2D eigenvalue weighted by Crippen LogP contribution is 2.41. The van der Waals surface area contributed by atoms with Crippen molar-refractivity contribution in [3.63, 3.8) is 0 Å². The molecule has 0 aliphatic heterocycles. The summed E-state index contributed by atoms with van der Waals surface area (Å²) >= 11 is 0. The van der Waals surface area contributed by atoms with E-state index in [1.807, 2.05) is 0 Å². The molecule has 1 nitrogen and oxygen atoms in total. The highest BCUT2D eigenvalue weighted by molar-refractivity contribution is 7.68. The van der Waals surface area contributed by atoms with Gasteiger partial charge in [0.15, 0.2) is 0 Å². The highest BCUT2D eigenvalue weighted by Gasteiger charge is 2.26. The van der Waals surface area contributed by atoms with Crippen LogP contribution in [0.2, 0.25) is 0 Å². The molecule has 0 heterocycles. The summed E-state index contributed by atoms with van der Waals surface area (Å²) in [6.45, 7) is 2.13. The van der Waals surface area contributed by atoms with Crippen LogP contribution in [0.5, 0.6) is 0 Å². The standard InChI is InChI=1S/C19H21OP/c1-2-16-10-9-15-19(16)20-21(17-11-5-3-6-12-17)18-13-7-4-8-14-18/h2-8,11-14,19H,9-10,15H2,1H3/b16-2+/t19-/m1/s1. The lowest BCUT2D eigenvalue weighted by Crippen LogP contribution is -2.18. The lowest BCUT2D eigenvalue weighted by molar-refractivity contribution is 0.279. The second-order valence-corrected chi connectivity index (χ2v) is 7.15. The zero-order valence-electron chi connectivity index (χ0n) is 12.4. The van der Waals surface area contributed by atoms with E-state index < -0.39 is 8.15 Å². The number of allylic oxidation sites excluding steroid dienone is 1. The van der Waals surface area contributed by atoms with E-state index in [9.17, 15) is 0 Å². The van der Waals surface area contributed by atoms with E-state index >= 15 is 0 Å². The molecule has 0 N–H and O–H groups in total. The Hall–Kier alpha value is -1.43. The zero-order valence-corrected chi connectivity index (χ0v) is 13.3. The van der Waals surface area contributed by atoms with Crippen molar-refractivity contribution in [2.75, 3.05) is 0 Å². The average molecular weight is 296 g/mol. The SMILES string of the molecule is C/C=C1\CCC[C@H]1OP(c1ccccc1)c1ccccc1. The minimum atomic E-state index is -0.735. The third-order valence-electron chi connectivity index (χ3n) is 3.93. The average Bonchev–Trinajstić information content (AvgIpc) is 3.01. The topological polar surface area (TPSA) is 9.23 Å². The summed E-state index contributed by atoms with van der Waals surface area (Å²) in [6, 6.07) is 21.3. The Kier molecular flexibility index (Phi) is 4.85. The first-order chi connectivity index (χ1) is 10.4. The number of rotatable bonds is 4. The van der Waals surface area contributed by atoms with Crippen LogP contribution in [0.15, 0.2) is 72.3 Å². The molecule has 1 aliphatic rings. The van der Waals surface area contributed by atoms with Crippen LogP contribution in [0.1, 0.15) is 26.2 Å². The van der Waals surface area contributed by atoms with E-state index in [-0.39, 0.29) is 0 Å². The predicted molar refractivity (Wildman–Crippen MR) is 91.6 cm³/mol. The third kappa shape index (κ3) is 3.43. The van der Waals surface area contributed by atoms with Gasteiger partial charge in [-0.2, -0.15) is 0 Å². The summed E-state index contributed by atoms with van der Waals surface area (Å²) in [7, 11) is -0.735. The Morgan fingerprint density at radius 1 is 0.952 bits per heavy atom. The molecule has 0 unspecified atom stereocenters. The molecule has 0 saturated heterocycles. The van der Waals surface area contributed by atoms with Gasteiger partial charge in [-0.25, -0.2) is 0 Å². The molecule has 0 amide bonds. The van der Waals surface area contributed by atoms with Gasteiger partial charge in [0.25, 0.3) is 0 Å². The minimum absolute atomic E-state index is 0.293. The fourth-order valence-electron chi connectivity index (χ4n) is 2.81. The van der Waals surface area contributed by atoms with Gasteiger partial charge in [-0.3, -0.25) is 0 Å². The normalized spacial score (nSPS) is 20.3. The monoisotopic (exact) mass is 296 g/mol. The van der Waals surface area contributed by atoms with E-state index in [0.29, 0.717) is 6.10 Å². The number of hydrogen-bond donors (Lipinski definition) is 0. The summed E-state index contributed by atoms with van der Waals surface area (Å²) in [6.07, 6.45) is 6.12. The van der Waals surface area contributed by atoms with Crippen molar-refractivity contribution >= 4 is 18.8 Å². The molecule has 0 aromatic heterocycles. The molecule has 1 saturated carbocycles. The van der Waals surface area contributed by atoms with Crippen LogP contribution < -0.4 is 10.6 Å². The van der Waals surface area contributed by atoms with Gasteiger partial charge in [0.1, 0.15) is 0 Å². The van der Waals surface area contributed by atoms with E-state index in [4.69, 9.17) is 4.52 Å². The van der Waals surface area contributed by atoms with Crippen molar-refractivity contribution in [1.29, 1.82) is 0 Å². The zero-order chi connectivity index (χ0) is 14.5. The van der Waals surface area contributed by atoms with Gasteiger partial charge in [-0.1, -0.05) is 66.7 Å². The fourth-order valence-corrected chi connectivity index (χ4v) is 4.74. The Labute approximate surface area is 128 Å². The smallest absolute Gasteiger partial charge is 0.0926 e. The maximum atomic E-state index is 6.58. The second-order valence-electron chi connectivity index (χ2n) is 5.32. The summed E-state index contributed by atoms with van der Waals surface area (Å²) < 4.78 is 6.58. The van der Waals surface area contributed by atoms with Crippen molar-refractivity contribution in [3.8, 4) is 0 Å². The first kappa shape index (κ1) is 14.5. The molecule has 0 spiro atoms. The fraction of sp³-hybridized carbons (Fsp3) is 0.263. The molecule has 0 radical (unpaired) electrons. The van der Waals surface area contributed by atoms with Crippen molar-refractivity contribution < 1.29 is 4.52 Å². The Bertz CT molecular complexity index is 552. The number of hydrogen-bond acceptors (Lipinski definition) is 1. The lowest BCUT2D eigenvalue weighted by Gasteiger charge is -2.23. The van der Waals surface area contributed by atoms with Crippen LogP contribution in [0.3, 0.4) is 0 Å². The van der Waals surface area contributed by atoms with E-state index in [0.717, 1.165) is 6.42 Å². The van der Waals surface area contributed by atoms with Gasteiger partial charge in [-0.15, -0.1) is 0 Å². The van der Waals surface area contributed by atoms with Crippen molar-refractivity contribution in [2.24, 2.45) is 0 Å². The molecule has 1 aliphatic carbocycles. The molecule has 108 valence electrons. The molecule has 2 aromatic carbocycles. The van der Waals surface area contributed by atoms with E-state index in [1.165, 1.54) is 29.0 Å². The maximum absolute atomic E-state index is 6.58. The number of benzene rings is 2. The summed E-state index contributed by atoms with van der Waals surface area (Å²) in [5.74, 6) is 0. The van der Waals surface area contributed by atoms with Gasteiger partial charge in [0.05, 0.1) is 14.3 Å². The molecule has 3 rings (SSSR count). The van der Waals surface area contributed by atoms with Gasteiger partial charge < -0.3 is 4.52 Å². The highest BCUT2D eigenvalue weighted by atomic mass is 31.1. The molecule has 21 heavy (non-hydrogen) atoms. The van der Waals surface area contributed by atoms with E-state index in [2.05, 4.69) is 73.7 Å². The summed E-state index contributed by atoms with van der Waals surface area (Å²) in [5, 5.41) is 2.59. The predicted octanol–water partition coefficient (Wildman–Crippen LogP) is 4.55. The Morgan fingerprint density at radius 3 is 2.05 bits per heavy atom. The van der Waals surface area contributed by atoms with Crippen molar-refractivity contribution in [2.45, 2.75) is 32.3 Å². The summed E-state index contributed by atoms with van der Waals surface area (Å²) in [5.41, 5.74) is 1.47. The van der Waals surface area contributed by atoms with Crippen LogP contribution in [0.4, 0.5) is 0 Å². The molecular weight excluding hydrogens is 275 g/mol. The molecule has 1 atom stereocenters. The van der Waals surface area contributed by atoms with Gasteiger partial charge in [-0.05, 0) is 31.8 Å². The third-order valence-corrected chi connectivity index (χ3v) is 5.93. The maximum Gasteiger partial charge on any atom is 0.0926 e. The molecule has 1 fully saturated rings. The van der Waals surface area contributed by atoms with Crippen LogP contribution in [-0.2, 0) is 4.52 Å². The lowest BCUT2D eigenvalue weighted by atomic mass is 10.2. The molecule has 0 bridgehead atoms. The van der Waals surface area contributed by atoms with Crippen molar-refractivity contribution in [1.82, 2.24) is 0 Å². The minimum Gasteiger partial charge on any atom is -0.342 e. The molecule has 2 heteroatoms. The van der Waals surface area contributed by atoms with Gasteiger partial charge in [0.2, 0.25) is 0 Å². The van der Waals surface area contributed by atoms with Crippen LogP contribution in [-0.4, -0.2) is 6.10 Å². The first-order valence-corrected chi connectivity index (χ1v) is 8.86. The van der Waals surface area contributed by atoms with Crippen LogP contribution in [0, 0.1) is 0 Å². The Balaban J connectivity index is 1.90. The quantitative estimate of drug-likeness (QED) is 0.594. The van der Waals surface area contributed by atoms with Gasteiger partial charge >= 0.3 is 0 Å². The van der Waals surface area contributed by atoms with Crippen LogP contribution in [0.25, 0.3) is 0 Å². The first-order valence-electron chi connectivity index (χ1n) is 7.60. The largest absolute Gasteiger partial charge is 0.342 e. The second kappa shape index (κ2) is 7.02.